The first kappa shape index (κ1) is 59.3. The standard InChI is InChI=1S/C55H105NO5/c1-3-5-7-9-11-13-15-17-20-24-27-31-35-39-43-47-53(58)52(51-57)56-54(59)48-44-40-36-32-28-25-21-18-19-22-26-30-34-38-42-46-50-61-55(60)49-45-41-37-33-29-23-16-14-12-10-8-6-4-2/h14,16,18,21,52-53,57-58H,3-13,15,17,19-20,22-51H2,1-2H3,(H,56,59)/b16-14-,21-18-. The van der Waals surface area contributed by atoms with Gasteiger partial charge in [0.15, 0.2) is 0 Å². The minimum atomic E-state index is -0.674. The summed E-state index contributed by atoms with van der Waals surface area (Å²) in [5, 5.41) is 23.2. The molecule has 6 heteroatoms. The highest BCUT2D eigenvalue weighted by Gasteiger charge is 2.20. The van der Waals surface area contributed by atoms with Crippen molar-refractivity contribution < 1.29 is 24.5 Å². The van der Waals surface area contributed by atoms with Gasteiger partial charge in [-0.15, -0.1) is 0 Å². The topological polar surface area (TPSA) is 95.9 Å². The van der Waals surface area contributed by atoms with Crippen LogP contribution in [0.25, 0.3) is 0 Å². The van der Waals surface area contributed by atoms with E-state index in [0.717, 1.165) is 64.2 Å². The van der Waals surface area contributed by atoms with Gasteiger partial charge in [0.05, 0.1) is 25.4 Å². The molecule has 2 atom stereocenters. The number of unbranched alkanes of at least 4 members (excludes halogenated alkanes) is 35. The molecule has 0 spiro atoms. The number of rotatable bonds is 50. The number of hydrogen-bond donors (Lipinski definition) is 3. The molecule has 0 heterocycles. The summed E-state index contributed by atoms with van der Waals surface area (Å²) in [6, 6.07) is -0.553. The largest absolute Gasteiger partial charge is 0.466 e. The van der Waals surface area contributed by atoms with Crippen LogP contribution in [0, 0.1) is 0 Å². The molecule has 360 valence electrons. The Morgan fingerprint density at radius 2 is 0.770 bits per heavy atom. The van der Waals surface area contributed by atoms with Crippen molar-refractivity contribution in [1.82, 2.24) is 5.32 Å². The van der Waals surface area contributed by atoms with Crippen LogP contribution >= 0.6 is 0 Å². The number of carbonyl (C=O) groups is 2. The minimum Gasteiger partial charge on any atom is -0.466 e. The van der Waals surface area contributed by atoms with E-state index < -0.39 is 12.1 Å². The number of esters is 1. The third kappa shape index (κ3) is 47.7. The van der Waals surface area contributed by atoms with Gasteiger partial charge in [0.2, 0.25) is 5.91 Å². The zero-order valence-corrected chi connectivity index (χ0v) is 40.9. The van der Waals surface area contributed by atoms with Crippen molar-refractivity contribution in [2.24, 2.45) is 0 Å². The van der Waals surface area contributed by atoms with Gasteiger partial charge < -0.3 is 20.3 Å². The Morgan fingerprint density at radius 3 is 1.18 bits per heavy atom. The van der Waals surface area contributed by atoms with Crippen molar-refractivity contribution in [1.29, 1.82) is 0 Å². The number of nitrogens with one attached hydrogen (secondary N) is 1. The number of allylic oxidation sites excluding steroid dienone is 4. The molecule has 0 aromatic heterocycles. The third-order valence-electron chi connectivity index (χ3n) is 12.5. The van der Waals surface area contributed by atoms with E-state index in [0.29, 0.717) is 25.9 Å². The Labute approximate surface area is 380 Å². The number of hydrogen-bond acceptors (Lipinski definition) is 5. The number of carbonyl (C=O) groups excluding carboxylic acids is 2. The monoisotopic (exact) mass is 860 g/mol. The summed E-state index contributed by atoms with van der Waals surface area (Å²) in [7, 11) is 0. The first-order valence-corrected chi connectivity index (χ1v) is 27.1. The van der Waals surface area contributed by atoms with Gasteiger partial charge in [0, 0.05) is 12.8 Å². The second kappa shape index (κ2) is 51.0. The Hall–Kier alpha value is -1.66. The Kier molecular flexibility index (Phi) is 49.6. The van der Waals surface area contributed by atoms with Crippen LogP contribution < -0.4 is 5.32 Å². The van der Waals surface area contributed by atoms with Gasteiger partial charge in [-0.1, -0.05) is 224 Å². The number of ether oxygens (including phenoxy) is 1. The Morgan fingerprint density at radius 1 is 0.443 bits per heavy atom. The van der Waals surface area contributed by atoms with E-state index in [1.54, 1.807) is 0 Å². The lowest BCUT2D eigenvalue weighted by Gasteiger charge is -2.22. The molecule has 61 heavy (non-hydrogen) atoms. The summed E-state index contributed by atoms with van der Waals surface area (Å²) in [5.74, 6) is -0.0637. The van der Waals surface area contributed by atoms with Crippen LogP contribution in [0.5, 0.6) is 0 Å². The molecule has 2 unspecified atom stereocenters. The first-order valence-electron chi connectivity index (χ1n) is 27.1. The van der Waals surface area contributed by atoms with Crippen molar-refractivity contribution in [2.45, 2.75) is 302 Å². The van der Waals surface area contributed by atoms with Crippen molar-refractivity contribution in [2.75, 3.05) is 13.2 Å². The summed E-state index contributed by atoms with van der Waals surface area (Å²) in [6.07, 6.45) is 60.1. The van der Waals surface area contributed by atoms with E-state index in [1.807, 2.05) is 0 Å². The smallest absolute Gasteiger partial charge is 0.305 e. The van der Waals surface area contributed by atoms with Gasteiger partial charge in [-0.2, -0.15) is 0 Å². The summed E-state index contributed by atoms with van der Waals surface area (Å²) in [4.78, 5) is 24.5. The molecule has 0 fully saturated rings. The van der Waals surface area contributed by atoms with Crippen LogP contribution in [0.1, 0.15) is 290 Å². The molecule has 0 aliphatic rings. The lowest BCUT2D eigenvalue weighted by atomic mass is 10.0. The summed E-state index contributed by atoms with van der Waals surface area (Å²) < 4.78 is 5.45. The molecule has 0 aromatic rings. The molecule has 0 aliphatic carbocycles. The molecule has 1 amide bonds. The number of amides is 1. The third-order valence-corrected chi connectivity index (χ3v) is 12.5. The molecule has 0 aromatic carbocycles. The van der Waals surface area contributed by atoms with Crippen LogP contribution in [0.2, 0.25) is 0 Å². The van der Waals surface area contributed by atoms with Gasteiger partial charge in [-0.25, -0.2) is 0 Å². The van der Waals surface area contributed by atoms with Gasteiger partial charge in [-0.05, 0) is 77.0 Å². The summed E-state index contributed by atoms with van der Waals surface area (Å²) in [5.41, 5.74) is 0. The molecular weight excluding hydrogens is 755 g/mol. The normalized spacial score (nSPS) is 12.8. The quantitative estimate of drug-likeness (QED) is 0.0322. The van der Waals surface area contributed by atoms with E-state index in [4.69, 9.17) is 4.74 Å². The molecule has 0 aliphatic heterocycles. The van der Waals surface area contributed by atoms with E-state index in [-0.39, 0.29) is 18.5 Å². The fraction of sp³-hybridized carbons (Fsp3) is 0.891. The number of aliphatic hydroxyl groups excluding tert-OH is 2. The highest BCUT2D eigenvalue weighted by atomic mass is 16.5. The lowest BCUT2D eigenvalue weighted by molar-refractivity contribution is -0.143. The molecule has 0 rings (SSSR count). The van der Waals surface area contributed by atoms with Gasteiger partial charge in [0.1, 0.15) is 0 Å². The van der Waals surface area contributed by atoms with Gasteiger partial charge in [0.25, 0.3) is 0 Å². The first-order chi connectivity index (χ1) is 30.0. The van der Waals surface area contributed by atoms with Crippen molar-refractivity contribution >= 4 is 11.9 Å². The maximum absolute atomic E-state index is 12.5. The average Bonchev–Trinajstić information content (AvgIpc) is 3.26. The van der Waals surface area contributed by atoms with Crippen LogP contribution in [-0.2, 0) is 14.3 Å². The molecule has 3 N–H and O–H groups in total. The van der Waals surface area contributed by atoms with E-state index in [9.17, 15) is 19.8 Å². The van der Waals surface area contributed by atoms with Gasteiger partial charge >= 0.3 is 5.97 Å². The van der Waals surface area contributed by atoms with E-state index in [1.165, 1.54) is 193 Å². The second-order valence-electron chi connectivity index (χ2n) is 18.6. The zero-order valence-electron chi connectivity index (χ0n) is 40.9. The molecule has 0 saturated heterocycles. The summed E-state index contributed by atoms with van der Waals surface area (Å²) in [6.45, 7) is 4.91. The van der Waals surface area contributed by atoms with Gasteiger partial charge in [-0.3, -0.25) is 9.59 Å². The van der Waals surface area contributed by atoms with Crippen molar-refractivity contribution in [3.05, 3.63) is 24.3 Å². The number of aliphatic hydroxyl groups is 2. The molecular formula is C55H105NO5. The van der Waals surface area contributed by atoms with E-state index >= 15 is 0 Å². The average molecular weight is 860 g/mol. The molecule has 0 bridgehead atoms. The van der Waals surface area contributed by atoms with Crippen molar-refractivity contribution in [3.63, 3.8) is 0 Å². The molecule has 6 nitrogen and oxygen atoms in total. The fourth-order valence-corrected chi connectivity index (χ4v) is 8.28. The van der Waals surface area contributed by atoms with Crippen LogP contribution in [-0.4, -0.2) is 47.4 Å². The lowest BCUT2D eigenvalue weighted by Crippen LogP contribution is -2.45. The predicted octanol–water partition coefficient (Wildman–Crippen LogP) is 16.3. The van der Waals surface area contributed by atoms with Crippen LogP contribution in [0.4, 0.5) is 0 Å². The molecule has 0 radical (unpaired) electrons. The summed E-state index contributed by atoms with van der Waals surface area (Å²) >= 11 is 0. The molecule has 0 saturated carbocycles. The zero-order chi connectivity index (χ0) is 44.4. The highest BCUT2D eigenvalue weighted by Crippen LogP contribution is 2.16. The predicted molar refractivity (Wildman–Crippen MR) is 264 cm³/mol. The van der Waals surface area contributed by atoms with Crippen molar-refractivity contribution in [3.8, 4) is 0 Å². The maximum atomic E-state index is 12.5. The van der Waals surface area contributed by atoms with Crippen LogP contribution in [0.15, 0.2) is 24.3 Å². The minimum absolute atomic E-state index is 0.0121. The maximum Gasteiger partial charge on any atom is 0.305 e. The Bertz CT molecular complexity index is 951. The Balaban J connectivity index is 3.48. The second-order valence-corrected chi connectivity index (χ2v) is 18.6. The SMILES string of the molecule is CCCCCC/C=C\CCCCCCCC(=O)OCCCCCCCCC/C=C\CCCCCCCC(=O)NC(CO)C(O)CCCCCCCCCCCCCCCCC. The van der Waals surface area contributed by atoms with E-state index in [2.05, 4.69) is 43.5 Å². The van der Waals surface area contributed by atoms with Crippen LogP contribution in [0.3, 0.4) is 0 Å². The fourth-order valence-electron chi connectivity index (χ4n) is 8.28. The highest BCUT2D eigenvalue weighted by molar-refractivity contribution is 5.76.